The molecule has 1 heterocycles. The van der Waals surface area contributed by atoms with Crippen molar-refractivity contribution < 1.29 is 5.11 Å². The largest absolute Gasteiger partial charge is 0.394 e. The van der Waals surface area contributed by atoms with Gasteiger partial charge in [-0.25, -0.2) is 9.67 Å². The maximum absolute atomic E-state index is 8.86. The van der Waals surface area contributed by atoms with Crippen LogP contribution in [0, 0.1) is 6.92 Å². The van der Waals surface area contributed by atoms with Crippen LogP contribution in [0.15, 0.2) is 30.6 Å². The van der Waals surface area contributed by atoms with Gasteiger partial charge >= 0.3 is 0 Å². The molecule has 0 aliphatic carbocycles. The molecule has 4 heteroatoms. The normalized spacial score (nSPS) is 10.5. The third kappa shape index (κ3) is 2.05. The standard InChI is InChI=1S/C11H13N3O/c1-9-2-4-10(5-3-9)11-12-8-13-14(11)6-7-15/h2-5,8,15H,6-7H2,1H3. The van der Waals surface area contributed by atoms with Gasteiger partial charge in [-0.15, -0.1) is 0 Å². The van der Waals surface area contributed by atoms with Gasteiger partial charge in [0.05, 0.1) is 13.2 Å². The van der Waals surface area contributed by atoms with Crippen molar-refractivity contribution in [2.75, 3.05) is 6.61 Å². The zero-order chi connectivity index (χ0) is 10.7. The molecule has 0 aliphatic heterocycles. The summed E-state index contributed by atoms with van der Waals surface area (Å²) in [7, 11) is 0. The molecule has 0 saturated heterocycles. The van der Waals surface area contributed by atoms with E-state index in [2.05, 4.69) is 10.1 Å². The van der Waals surface area contributed by atoms with Crippen LogP contribution in [0.2, 0.25) is 0 Å². The van der Waals surface area contributed by atoms with Crippen LogP contribution >= 0.6 is 0 Å². The molecule has 0 spiro atoms. The van der Waals surface area contributed by atoms with Gasteiger partial charge < -0.3 is 5.11 Å². The lowest BCUT2D eigenvalue weighted by Crippen LogP contribution is -2.05. The molecule has 1 aromatic carbocycles. The van der Waals surface area contributed by atoms with Gasteiger partial charge in [0.15, 0.2) is 5.82 Å². The number of hydrogen-bond donors (Lipinski definition) is 1. The van der Waals surface area contributed by atoms with Crippen molar-refractivity contribution in [1.82, 2.24) is 14.8 Å². The van der Waals surface area contributed by atoms with Crippen LogP contribution in [0.5, 0.6) is 0 Å². The minimum atomic E-state index is 0.0716. The number of aromatic nitrogens is 3. The lowest BCUT2D eigenvalue weighted by molar-refractivity contribution is 0.270. The van der Waals surface area contributed by atoms with Gasteiger partial charge in [0.2, 0.25) is 0 Å². The highest BCUT2D eigenvalue weighted by Crippen LogP contribution is 2.16. The van der Waals surface area contributed by atoms with Crippen molar-refractivity contribution in [2.45, 2.75) is 13.5 Å². The Kier molecular flexibility index (Phi) is 2.78. The van der Waals surface area contributed by atoms with E-state index >= 15 is 0 Å². The Hall–Kier alpha value is -1.68. The Labute approximate surface area is 88.2 Å². The van der Waals surface area contributed by atoms with Crippen molar-refractivity contribution in [1.29, 1.82) is 0 Å². The van der Waals surface area contributed by atoms with E-state index < -0.39 is 0 Å². The average molecular weight is 203 g/mol. The number of aryl methyl sites for hydroxylation is 1. The summed E-state index contributed by atoms with van der Waals surface area (Å²) < 4.78 is 1.70. The average Bonchev–Trinajstić information content (AvgIpc) is 2.68. The maximum atomic E-state index is 8.86. The number of aliphatic hydroxyl groups is 1. The van der Waals surface area contributed by atoms with Gasteiger partial charge in [-0.05, 0) is 6.92 Å². The van der Waals surface area contributed by atoms with Crippen LogP contribution in [-0.4, -0.2) is 26.5 Å². The SMILES string of the molecule is Cc1ccc(-c2ncnn2CCO)cc1. The predicted molar refractivity (Wildman–Crippen MR) is 57.3 cm³/mol. The fraction of sp³-hybridized carbons (Fsp3) is 0.273. The number of hydrogen-bond acceptors (Lipinski definition) is 3. The zero-order valence-electron chi connectivity index (χ0n) is 8.59. The first-order valence-electron chi connectivity index (χ1n) is 4.87. The smallest absolute Gasteiger partial charge is 0.158 e. The van der Waals surface area contributed by atoms with E-state index in [0.29, 0.717) is 6.54 Å². The summed E-state index contributed by atoms with van der Waals surface area (Å²) in [5, 5.41) is 12.9. The predicted octanol–water partition coefficient (Wildman–Crippen LogP) is 1.25. The minimum absolute atomic E-state index is 0.0716. The molecular weight excluding hydrogens is 190 g/mol. The molecule has 0 fully saturated rings. The third-order valence-corrected chi connectivity index (χ3v) is 2.24. The van der Waals surface area contributed by atoms with Crippen molar-refractivity contribution in [3.8, 4) is 11.4 Å². The van der Waals surface area contributed by atoms with Crippen LogP contribution in [0.3, 0.4) is 0 Å². The topological polar surface area (TPSA) is 50.9 Å². The molecule has 78 valence electrons. The van der Waals surface area contributed by atoms with Crippen LogP contribution in [-0.2, 0) is 6.54 Å². The van der Waals surface area contributed by atoms with Crippen molar-refractivity contribution >= 4 is 0 Å². The Morgan fingerprint density at radius 3 is 2.67 bits per heavy atom. The van der Waals surface area contributed by atoms with Crippen molar-refractivity contribution in [3.63, 3.8) is 0 Å². The fourth-order valence-corrected chi connectivity index (χ4v) is 1.45. The molecule has 15 heavy (non-hydrogen) atoms. The molecule has 0 amide bonds. The molecule has 0 saturated carbocycles. The van der Waals surface area contributed by atoms with Gasteiger partial charge in [-0.3, -0.25) is 0 Å². The molecule has 2 rings (SSSR count). The van der Waals surface area contributed by atoms with Gasteiger partial charge in [-0.2, -0.15) is 5.10 Å². The van der Waals surface area contributed by atoms with E-state index in [0.717, 1.165) is 11.4 Å². The second-order valence-corrected chi connectivity index (χ2v) is 3.40. The highest BCUT2D eigenvalue weighted by Gasteiger charge is 2.05. The second-order valence-electron chi connectivity index (χ2n) is 3.40. The quantitative estimate of drug-likeness (QED) is 0.816. The summed E-state index contributed by atoms with van der Waals surface area (Å²) in [6.07, 6.45) is 1.50. The number of benzene rings is 1. The fourth-order valence-electron chi connectivity index (χ4n) is 1.45. The highest BCUT2D eigenvalue weighted by atomic mass is 16.3. The van der Waals surface area contributed by atoms with Crippen LogP contribution in [0.1, 0.15) is 5.56 Å². The molecule has 0 bridgehead atoms. The molecule has 4 nitrogen and oxygen atoms in total. The molecule has 1 aromatic heterocycles. The maximum Gasteiger partial charge on any atom is 0.158 e. The van der Waals surface area contributed by atoms with E-state index in [1.165, 1.54) is 11.9 Å². The summed E-state index contributed by atoms with van der Waals surface area (Å²) in [6, 6.07) is 8.08. The summed E-state index contributed by atoms with van der Waals surface area (Å²) in [6.45, 7) is 2.59. The van der Waals surface area contributed by atoms with Gasteiger partial charge in [0.25, 0.3) is 0 Å². The third-order valence-electron chi connectivity index (χ3n) is 2.24. The lowest BCUT2D eigenvalue weighted by Gasteiger charge is -2.04. The highest BCUT2D eigenvalue weighted by molar-refractivity contribution is 5.55. The molecule has 2 aromatic rings. The van der Waals surface area contributed by atoms with E-state index in [1.54, 1.807) is 4.68 Å². The first-order chi connectivity index (χ1) is 7.31. The van der Waals surface area contributed by atoms with Crippen LogP contribution < -0.4 is 0 Å². The summed E-state index contributed by atoms with van der Waals surface area (Å²) in [5.74, 6) is 0.795. The number of aliphatic hydroxyl groups excluding tert-OH is 1. The Morgan fingerprint density at radius 2 is 2.00 bits per heavy atom. The Balaban J connectivity index is 2.36. The molecular formula is C11H13N3O. The molecule has 0 atom stereocenters. The Morgan fingerprint density at radius 1 is 1.27 bits per heavy atom. The van der Waals surface area contributed by atoms with Gasteiger partial charge in [0, 0.05) is 5.56 Å². The first kappa shape index (κ1) is 9.86. The summed E-state index contributed by atoms with van der Waals surface area (Å²) in [4.78, 5) is 4.18. The number of nitrogens with zero attached hydrogens (tertiary/aromatic N) is 3. The van der Waals surface area contributed by atoms with Crippen LogP contribution in [0.25, 0.3) is 11.4 Å². The Bertz CT molecular complexity index is 433. The molecule has 1 N–H and O–H groups in total. The minimum Gasteiger partial charge on any atom is -0.394 e. The van der Waals surface area contributed by atoms with E-state index in [-0.39, 0.29) is 6.61 Å². The monoisotopic (exact) mass is 203 g/mol. The molecule has 0 unspecified atom stereocenters. The summed E-state index contributed by atoms with van der Waals surface area (Å²) >= 11 is 0. The van der Waals surface area contributed by atoms with Crippen molar-refractivity contribution in [2.24, 2.45) is 0 Å². The number of rotatable bonds is 3. The molecule has 0 radical (unpaired) electrons. The lowest BCUT2D eigenvalue weighted by atomic mass is 10.1. The van der Waals surface area contributed by atoms with E-state index in [1.807, 2.05) is 31.2 Å². The van der Waals surface area contributed by atoms with Crippen LogP contribution in [0.4, 0.5) is 0 Å². The van der Waals surface area contributed by atoms with Gasteiger partial charge in [-0.1, -0.05) is 29.8 Å². The van der Waals surface area contributed by atoms with E-state index in [4.69, 9.17) is 5.11 Å². The molecule has 0 aliphatic rings. The van der Waals surface area contributed by atoms with Gasteiger partial charge in [0.1, 0.15) is 6.33 Å². The van der Waals surface area contributed by atoms with Crippen molar-refractivity contribution in [3.05, 3.63) is 36.2 Å². The first-order valence-corrected chi connectivity index (χ1v) is 4.87. The van der Waals surface area contributed by atoms with E-state index in [9.17, 15) is 0 Å². The zero-order valence-corrected chi connectivity index (χ0v) is 8.59. The summed E-state index contributed by atoms with van der Waals surface area (Å²) in [5.41, 5.74) is 2.23. The second kappa shape index (κ2) is 4.23.